The van der Waals surface area contributed by atoms with Crippen molar-refractivity contribution >= 4 is 16.9 Å². The Labute approximate surface area is 197 Å². The molecule has 0 bridgehead atoms. The third-order valence-electron chi connectivity index (χ3n) is 6.35. The first-order chi connectivity index (χ1) is 16.4. The van der Waals surface area contributed by atoms with Gasteiger partial charge in [-0.05, 0) is 54.4 Å². The molecule has 5 nitrogen and oxygen atoms in total. The highest BCUT2D eigenvalue weighted by Gasteiger charge is 2.33. The zero-order chi connectivity index (χ0) is 24.1. The smallest absolute Gasteiger partial charge is 0.311 e. The molecule has 0 N–H and O–H groups in total. The molecule has 0 unspecified atom stereocenters. The molecule has 0 spiro atoms. The molecule has 180 valence electrons. The van der Waals surface area contributed by atoms with E-state index in [-0.39, 0.29) is 11.5 Å². The van der Waals surface area contributed by atoms with Crippen molar-refractivity contribution in [2.45, 2.75) is 51.6 Å². The normalized spacial score (nSPS) is 15.9. The van der Waals surface area contributed by atoms with E-state index in [0.717, 1.165) is 47.1 Å². The van der Waals surface area contributed by atoms with Gasteiger partial charge in [-0.25, -0.2) is 4.39 Å². The van der Waals surface area contributed by atoms with Crippen LogP contribution in [-0.4, -0.2) is 41.8 Å². The average molecular weight is 473 g/mol. The van der Waals surface area contributed by atoms with E-state index < -0.39 is 12.6 Å². The van der Waals surface area contributed by atoms with Gasteiger partial charge in [0, 0.05) is 60.7 Å². The summed E-state index contributed by atoms with van der Waals surface area (Å²) in [5.41, 5.74) is 3.79. The zero-order valence-corrected chi connectivity index (χ0v) is 19.3. The summed E-state index contributed by atoms with van der Waals surface area (Å²) in [6, 6.07) is 7.36. The Balaban J connectivity index is 1.65. The summed E-state index contributed by atoms with van der Waals surface area (Å²) in [4.78, 5) is 17.9. The van der Waals surface area contributed by atoms with Crippen molar-refractivity contribution in [2.24, 2.45) is 0 Å². The molecule has 0 atom stereocenters. The lowest BCUT2D eigenvalue weighted by atomic mass is 10.0. The maximum Gasteiger partial charge on any atom is 0.311 e. The predicted molar refractivity (Wildman–Crippen MR) is 126 cm³/mol. The van der Waals surface area contributed by atoms with Crippen molar-refractivity contribution in [1.82, 2.24) is 9.47 Å². The Morgan fingerprint density at radius 1 is 1.32 bits per heavy atom. The molecule has 8 heteroatoms. The molecule has 0 amide bonds. The number of esters is 1. The van der Waals surface area contributed by atoms with Crippen molar-refractivity contribution in [3.05, 3.63) is 63.8 Å². The number of nitrogens with zero attached hydrogens (tertiary/aromatic N) is 3. The molecule has 0 radical (unpaired) electrons. The second kappa shape index (κ2) is 10.5. The lowest BCUT2D eigenvalue weighted by molar-refractivity contribution is -0.143. The number of allylic oxidation sites excluding steroid dienone is 3. The zero-order valence-electron chi connectivity index (χ0n) is 19.3. The first-order valence-electron chi connectivity index (χ1n) is 11.7. The number of ether oxygens (including phenoxy) is 1. The van der Waals surface area contributed by atoms with Gasteiger partial charge < -0.3 is 9.30 Å². The van der Waals surface area contributed by atoms with Gasteiger partial charge in [0.15, 0.2) is 6.67 Å². The monoisotopic (exact) mass is 472 g/mol. The topological polar surface area (TPSA) is 38.8 Å². The Hall–Kier alpha value is -3.05. The molecule has 2 aliphatic rings. The molecular formula is C26H29F3N3O2+. The Morgan fingerprint density at radius 3 is 2.97 bits per heavy atom. The Kier molecular flexibility index (Phi) is 7.42. The van der Waals surface area contributed by atoms with Crippen LogP contribution in [0.3, 0.4) is 0 Å². The highest BCUT2D eigenvalue weighted by molar-refractivity contribution is 5.87. The van der Waals surface area contributed by atoms with Crippen LogP contribution in [0.5, 0.6) is 0 Å². The molecule has 0 saturated heterocycles. The maximum atomic E-state index is 14.2. The minimum atomic E-state index is -3.52. The van der Waals surface area contributed by atoms with Crippen LogP contribution in [0.15, 0.2) is 42.1 Å². The molecule has 2 aromatic rings. The molecule has 0 aliphatic carbocycles. The second-order valence-corrected chi connectivity index (χ2v) is 8.67. The van der Waals surface area contributed by atoms with Crippen LogP contribution < -0.4 is 0 Å². The summed E-state index contributed by atoms with van der Waals surface area (Å²) in [6.07, 6.45) is 8.08. The van der Waals surface area contributed by atoms with Gasteiger partial charge in [-0.3, -0.25) is 9.69 Å². The summed E-state index contributed by atoms with van der Waals surface area (Å²) in [5, 5.41) is 0.734. The van der Waals surface area contributed by atoms with Gasteiger partial charge in [0.05, 0.1) is 12.7 Å². The fourth-order valence-corrected chi connectivity index (χ4v) is 4.66. The van der Waals surface area contributed by atoms with Gasteiger partial charge in [0.25, 0.3) is 0 Å². The number of rotatable bonds is 9. The number of hydrogen-bond acceptors (Lipinski definition) is 3. The van der Waals surface area contributed by atoms with Crippen LogP contribution >= 0.6 is 0 Å². The summed E-state index contributed by atoms with van der Waals surface area (Å²) >= 11 is 0. The molecule has 0 fully saturated rings. The van der Waals surface area contributed by atoms with Gasteiger partial charge in [-0.15, -0.1) is 0 Å². The number of carbonyl (C=O) groups is 1. The van der Waals surface area contributed by atoms with Gasteiger partial charge in [0.2, 0.25) is 0 Å². The van der Waals surface area contributed by atoms with Gasteiger partial charge in [-0.2, -0.15) is 8.78 Å². The first kappa shape index (κ1) is 24.1. The number of carbonyl (C=O) groups excluding carboxylic acids is 1. The highest BCUT2D eigenvalue weighted by atomic mass is 19.3. The molecule has 1 aromatic carbocycles. The quantitative estimate of drug-likeness (QED) is 0.447. The number of aromatic nitrogens is 1. The molecule has 34 heavy (non-hydrogen) atoms. The van der Waals surface area contributed by atoms with E-state index in [1.807, 2.05) is 12.2 Å². The number of halogens is 3. The van der Waals surface area contributed by atoms with E-state index in [0.29, 0.717) is 39.1 Å². The SMILES string of the molecule is CCOC(=O)CCCN1CCc2c(c3cc(C(F)(F)CF)ccc3n2CC2=CC#[N+]C=CC2)C1. The summed E-state index contributed by atoms with van der Waals surface area (Å²) < 4.78 is 48.6. The molecule has 3 heterocycles. The number of hydrogen-bond donors (Lipinski definition) is 0. The van der Waals surface area contributed by atoms with Gasteiger partial charge in [0.1, 0.15) is 0 Å². The summed E-state index contributed by atoms with van der Waals surface area (Å²) in [6.45, 7) is 3.16. The van der Waals surface area contributed by atoms with E-state index in [9.17, 15) is 18.0 Å². The van der Waals surface area contributed by atoms with Crippen LogP contribution in [0.25, 0.3) is 15.7 Å². The molecule has 4 rings (SSSR count). The molecule has 2 aliphatic heterocycles. The van der Waals surface area contributed by atoms with E-state index in [1.165, 1.54) is 12.1 Å². The average Bonchev–Trinajstić information content (AvgIpc) is 2.96. The van der Waals surface area contributed by atoms with Crippen LogP contribution in [0.2, 0.25) is 0 Å². The van der Waals surface area contributed by atoms with E-state index >= 15 is 0 Å². The largest absolute Gasteiger partial charge is 0.466 e. The minimum absolute atomic E-state index is 0.207. The van der Waals surface area contributed by atoms with Crippen molar-refractivity contribution in [3.8, 4) is 6.07 Å². The van der Waals surface area contributed by atoms with Crippen LogP contribution in [0, 0.1) is 6.07 Å². The predicted octanol–water partition coefficient (Wildman–Crippen LogP) is 5.58. The third-order valence-corrected chi connectivity index (χ3v) is 6.35. The van der Waals surface area contributed by atoms with E-state index in [4.69, 9.17) is 4.74 Å². The third kappa shape index (κ3) is 5.20. The summed E-state index contributed by atoms with van der Waals surface area (Å²) in [7, 11) is 0. The van der Waals surface area contributed by atoms with Gasteiger partial charge >= 0.3 is 24.2 Å². The van der Waals surface area contributed by atoms with Crippen LogP contribution in [0.4, 0.5) is 13.2 Å². The van der Waals surface area contributed by atoms with Crippen LogP contribution in [-0.2, 0) is 35.0 Å². The lowest BCUT2D eigenvalue weighted by Crippen LogP contribution is -2.32. The Bertz CT molecular complexity index is 1190. The fraction of sp³-hybridized carbons (Fsp3) is 0.462. The van der Waals surface area contributed by atoms with Crippen molar-refractivity contribution < 1.29 is 22.7 Å². The standard InChI is InChI=1S/C26H29F3N3O2/c1-2-34-25(33)6-4-13-31-14-10-24-22(17-31)21-15-20(26(28,29)18-27)7-8-23(21)32(24)16-19-5-3-11-30-12-9-19/h3,7-9,11,15H,2,4-6,10,13-14,16-18H2,1H3/q+1. The van der Waals surface area contributed by atoms with Crippen molar-refractivity contribution in [2.75, 3.05) is 26.4 Å². The fourth-order valence-electron chi connectivity index (χ4n) is 4.66. The molecule has 0 saturated carbocycles. The Morgan fingerprint density at radius 2 is 2.18 bits per heavy atom. The van der Waals surface area contributed by atoms with Crippen molar-refractivity contribution in [1.29, 1.82) is 0 Å². The second-order valence-electron chi connectivity index (χ2n) is 8.67. The minimum Gasteiger partial charge on any atom is -0.466 e. The summed E-state index contributed by atoms with van der Waals surface area (Å²) in [5.74, 6) is -3.72. The highest BCUT2D eigenvalue weighted by Crippen LogP contribution is 2.36. The number of fused-ring (bicyclic) bond motifs is 3. The van der Waals surface area contributed by atoms with Crippen molar-refractivity contribution in [3.63, 3.8) is 0 Å². The molecule has 1 aromatic heterocycles. The van der Waals surface area contributed by atoms with E-state index in [1.54, 1.807) is 19.2 Å². The lowest BCUT2D eigenvalue weighted by Gasteiger charge is -2.28. The maximum absolute atomic E-state index is 14.2. The van der Waals surface area contributed by atoms with E-state index in [2.05, 4.69) is 20.4 Å². The van der Waals surface area contributed by atoms with Crippen LogP contribution in [0.1, 0.15) is 43.0 Å². The molecular weight excluding hydrogens is 443 g/mol. The first-order valence-corrected chi connectivity index (χ1v) is 11.7. The number of alkyl halides is 3. The number of benzene rings is 1. The van der Waals surface area contributed by atoms with Gasteiger partial charge in [-0.1, -0.05) is 6.07 Å².